The van der Waals surface area contributed by atoms with Crippen LogP contribution in [0.3, 0.4) is 0 Å². The first-order valence-corrected chi connectivity index (χ1v) is 5.53. The van der Waals surface area contributed by atoms with E-state index in [4.69, 9.17) is 0 Å². The molecule has 4 heteroatoms. The van der Waals surface area contributed by atoms with Crippen LogP contribution >= 0.6 is 0 Å². The highest BCUT2D eigenvalue weighted by Crippen LogP contribution is 2.26. The maximum absolute atomic E-state index is 11.6. The average molecular weight is 207 g/mol. The van der Waals surface area contributed by atoms with Gasteiger partial charge in [-0.3, -0.25) is 9.48 Å². The molecule has 1 heterocycles. The second kappa shape index (κ2) is 4.47. The van der Waals surface area contributed by atoms with Gasteiger partial charge < -0.3 is 5.32 Å². The van der Waals surface area contributed by atoms with Crippen molar-refractivity contribution in [1.82, 2.24) is 15.1 Å². The first-order valence-electron chi connectivity index (χ1n) is 5.53. The number of amides is 1. The molecule has 1 saturated carbocycles. The van der Waals surface area contributed by atoms with Crippen molar-refractivity contribution >= 4 is 5.91 Å². The van der Waals surface area contributed by atoms with Crippen LogP contribution < -0.4 is 5.32 Å². The van der Waals surface area contributed by atoms with E-state index in [0.29, 0.717) is 0 Å². The van der Waals surface area contributed by atoms with E-state index in [-0.39, 0.29) is 17.9 Å². The van der Waals surface area contributed by atoms with E-state index >= 15 is 0 Å². The molecule has 1 aliphatic carbocycles. The maximum atomic E-state index is 11.6. The van der Waals surface area contributed by atoms with Gasteiger partial charge in [-0.2, -0.15) is 5.10 Å². The van der Waals surface area contributed by atoms with Crippen LogP contribution in [0.4, 0.5) is 0 Å². The Labute approximate surface area is 89.7 Å². The maximum Gasteiger partial charge on any atom is 0.223 e. The molecule has 1 aromatic heterocycles. The third-order valence-electron chi connectivity index (χ3n) is 2.88. The lowest BCUT2D eigenvalue weighted by Crippen LogP contribution is -2.41. The topological polar surface area (TPSA) is 46.9 Å². The lowest BCUT2D eigenvalue weighted by atomic mass is 9.84. The number of nitrogens with zero attached hydrogens (tertiary/aromatic N) is 2. The molecule has 1 aliphatic rings. The molecular weight excluding hydrogens is 190 g/mol. The van der Waals surface area contributed by atoms with Crippen LogP contribution in [0.1, 0.15) is 26.2 Å². The molecule has 1 N–H and O–H groups in total. The first kappa shape index (κ1) is 10.2. The number of hydrogen-bond donors (Lipinski definition) is 1. The van der Waals surface area contributed by atoms with Gasteiger partial charge in [-0.1, -0.05) is 6.42 Å². The summed E-state index contributed by atoms with van der Waals surface area (Å²) in [5, 5.41) is 7.13. The summed E-state index contributed by atoms with van der Waals surface area (Å²) in [7, 11) is 0. The van der Waals surface area contributed by atoms with Crippen LogP contribution in [0.5, 0.6) is 0 Å². The Morgan fingerprint density at radius 3 is 3.00 bits per heavy atom. The summed E-state index contributed by atoms with van der Waals surface area (Å²) in [6.45, 7) is 2.75. The van der Waals surface area contributed by atoms with Crippen molar-refractivity contribution in [2.75, 3.05) is 0 Å². The molecule has 0 aromatic carbocycles. The number of carbonyl (C=O) groups is 1. The summed E-state index contributed by atoms with van der Waals surface area (Å²) in [5.41, 5.74) is 0. The van der Waals surface area contributed by atoms with Gasteiger partial charge in [0.1, 0.15) is 0 Å². The predicted molar refractivity (Wildman–Crippen MR) is 57.2 cm³/mol. The van der Waals surface area contributed by atoms with E-state index in [1.807, 2.05) is 23.9 Å². The van der Waals surface area contributed by atoms with Gasteiger partial charge >= 0.3 is 0 Å². The average Bonchev–Trinajstić information content (AvgIpc) is 2.52. The fourth-order valence-electron chi connectivity index (χ4n) is 1.77. The predicted octanol–water partition coefficient (Wildman–Crippen LogP) is 1.19. The van der Waals surface area contributed by atoms with Crippen LogP contribution in [0.25, 0.3) is 0 Å². The molecule has 2 rings (SSSR count). The SMILES string of the molecule is C[C@H](Cn1cccn1)NC(=O)C1CCC1. The van der Waals surface area contributed by atoms with Gasteiger partial charge in [0.15, 0.2) is 0 Å². The van der Waals surface area contributed by atoms with E-state index in [2.05, 4.69) is 10.4 Å². The Morgan fingerprint density at radius 1 is 1.67 bits per heavy atom. The molecular formula is C11H17N3O. The monoisotopic (exact) mass is 207 g/mol. The van der Waals surface area contributed by atoms with Crippen LogP contribution in [-0.4, -0.2) is 21.7 Å². The zero-order chi connectivity index (χ0) is 10.7. The molecule has 0 radical (unpaired) electrons. The van der Waals surface area contributed by atoms with E-state index in [9.17, 15) is 4.79 Å². The molecule has 4 nitrogen and oxygen atoms in total. The van der Waals surface area contributed by atoms with E-state index in [1.54, 1.807) is 6.20 Å². The van der Waals surface area contributed by atoms with Crippen molar-refractivity contribution in [3.8, 4) is 0 Å². The van der Waals surface area contributed by atoms with Crippen LogP contribution in [0, 0.1) is 5.92 Å². The number of carbonyl (C=O) groups excluding carboxylic acids is 1. The first-order chi connectivity index (χ1) is 7.25. The van der Waals surface area contributed by atoms with Crippen molar-refractivity contribution < 1.29 is 4.79 Å². The van der Waals surface area contributed by atoms with Gasteiger partial charge in [0, 0.05) is 24.4 Å². The van der Waals surface area contributed by atoms with Gasteiger partial charge in [0.25, 0.3) is 0 Å². The second-order valence-corrected chi connectivity index (χ2v) is 4.27. The van der Waals surface area contributed by atoms with Crippen molar-refractivity contribution in [2.45, 2.75) is 38.8 Å². The molecule has 0 aliphatic heterocycles. The molecule has 1 amide bonds. The molecule has 0 spiro atoms. The summed E-state index contributed by atoms with van der Waals surface area (Å²) in [6.07, 6.45) is 6.97. The zero-order valence-corrected chi connectivity index (χ0v) is 9.02. The molecule has 1 atom stereocenters. The van der Waals surface area contributed by atoms with Crippen molar-refractivity contribution in [2.24, 2.45) is 5.92 Å². The molecule has 82 valence electrons. The largest absolute Gasteiger partial charge is 0.352 e. The highest BCUT2D eigenvalue weighted by atomic mass is 16.2. The smallest absolute Gasteiger partial charge is 0.223 e. The fourth-order valence-corrected chi connectivity index (χ4v) is 1.77. The van der Waals surface area contributed by atoms with Crippen LogP contribution in [-0.2, 0) is 11.3 Å². The molecule has 0 saturated heterocycles. The summed E-state index contributed by atoms with van der Waals surface area (Å²) >= 11 is 0. The van der Waals surface area contributed by atoms with Gasteiger partial charge in [0.05, 0.1) is 6.54 Å². The van der Waals surface area contributed by atoms with Gasteiger partial charge in [0.2, 0.25) is 5.91 Å². The summed E-state index contributed by atoms with van der Waals surface area (Å²) in [4.78, 5) is 11.6. The van der Waals surface area contributed by atoms with Crippen LogP contribution in [0.15, 0.2) is 18.5 Å². The minimum Gasteiger partial charge on any atom is -0.352 e. The highest BCUT2D eigenvalue weighted by Gasteiger charge is 2.25. The zero-order valence-electron chi connectivity index (χ0n) is 9.02. The van der Waals surface area contributed by atoms with E-state index < -0.39 is 0 Å². The lowest BCUT2D eigenvalue weighted by Gasteiger charge is -2.26. The number of hydrogen-bond acceptors (Lipinski definition) is 2. The normalized spacial score (nSPS) is 18.2. The summed E-state index contributed by atoms with van der Waals surface area (Å²) < 4.78 is 1.84. The van der Waals surface area contributed by atoms with Crippen LogP contribution in [0.2, 0.25) is 0 Å². The Hall–Kier alpha value is -1.32. The van der Waals surface area contributed by atoms with Crippen molar-refractivity contribution in [1.29, 1.82) is 0 Å². The number of aromatic nitrogens is 2. The molecule has 1 aromatic rings. The second-order valence-electron chi connectivity index (χ2n) is 4.27. The number of nitrogens with one attached hydrogen (secondary N) is 1. The van der Waals surface area contributed by atoms with Gasteiger partial charge in [-0.15, -0.1) is 0 Å². The highest BCUT2D eigenvalue weighted by molar-refractivity contribution is 5.79. The Kier molecular flexibility index (Phi) is 3.04. The lowest BCUT2D eigenvalue weighted by molar-refractivity contribution is -0.128. The summed E-state index contributed by atoms with van der Waals surface area (Å²) in [6, 6.07) is 2.04. The molecule has 1 fully saturated rings. The van der Waals surface area contributed by atoms with Gasteiger partial charge in [-0.25, -0.2) is 0 Å². The Bertz CT molecular complexity index is 317. The fraction of sp³-hybridized carbons (Fsp3) is 0.636. The molecule has 0 unspecified atom stereocenters. The minimum absolute atomic E-state index is 0.151. The minimum atomic E-state index is 0.151. The van der Waals surface area contributed by atoms with E-state index in [1.165, 1.54) is 6.42 Å². The van der Waals surface area contributed by atoms with E-state index in [0.717, 1.165) is 19.4 Å². The quantitative estimate of drug-likeness (QED) is 0.806. The Balaban J connectivity index is 1.76. The van der Waals surface area contributed by atoms with Crippen molar-refractivity contribution in [3.63, 3.8) is 0 Å². The molecule has 0 bridgehead atoms. The summed E-state index contributed by atoms with van der Waals surface area (Å²) in [5.74, 6) is 0.478. The third kappa shape index (κ3) is 2.58. The standard InChI is InChI=1S/C11H17N3O/c1-9(8-14-7-3-6-12-14)13-11(15)10-4-2-5-10/h3,6-7,9-10H,2,4-5,8H2,1H3,(H,13,15)/t9-/m1/s1. The van der Waals surface area contributed by atoms with Gasteiger partial charge in [-0.05, 0) is 25.8 Å². The Morgan fingerprint density at radius 2 is 2.47 bits per heavy atom. The third-order valence-corrected chi connectivity index (χ3v) is 2.88. The molecule has 15 heavy (non-hydrogen) atoms. The van der Waals surface area contributed by atoms with Crippen molar-refractivity contribution in [3.05, 3.63) is 18.5 Å². The number of rotatable bonds is 4.